The molecule has 0 spiro atoms. The first-order valence-corrected chi connectivity index (χ1v) is 5.70. The van der Waals surface area contributed by atoms with E-state index in [2.05, 4.69) is 24.3 Å². The lowest BCUT2D eigenvalue weighted by atomic mass is 10.1. The molecule has 0 aliphatic rings. The number of amides is 1. The second-order valence-electron chi connectivity index (χ2n) is 4.05. The standard InChI is InChI=1S/C11H20N4O/c1-3-4-5-9(2)13-11-6-7-15(14-11)8-10(12)16/h6-7,9H,3-5,8H2,1-2H3,(H2,12,16)(H,13,14). The third-order valence-electron chi connectivity index (χ3n) is 2.34. The lowest BCUT2D eigenvalue weighted by Crippen LogP contribution is -2.19. The van der Waals surface area contributed by atoms with Gasteiger partial charge in [0.05, 0.1) is 0 Å². The summed E-state index contributed by atoms with van der Waals surface area (Å²) in [7, 11) is 0. The van der Waals surface area contributed by atoms with Gasteiger partial charge in [0.2, 0.25) is 5.91 Å². The van der Waals surface area contributed by atoms with Crippen LogP contribution < -0.4 is 11.1 Å². The van der Waals surface area contributed by atoms with E-state index in [1.807, 2.05) is 6.07 Å². The molecule has 1 amide bonds. The van der Waals surface area contributed by atoms with Gasteiger partial charge in [-0.25, -0.2) is 0 Å². The molecule has 0 saturated carbocycles. The molecule has 0 bridgehead atoms. The van der Waals surface area contributed by atoms with Gasteiger partial charge in [0.25, 0.3) is 0 Å². The average Bonchev–Trinajstić information content (AvgIpc) is 2.61. The first-order chi connectivity index (χ1) is 7.61. The van der Waals surface area contributed by atoms with Crippen molar-refractivity contribution in [2.75, 3.05) is 5.32 Å². The van der Waals surface area contributed by atoms with Crippen molar-refractivity contribution in [1.29, 1.82) is 0 Å². The lowest BCUT2D eigenvalue weighted by Gasteiger charge is -2.11. The van der Waals surface area contributed by atoms with Crippen LogP contribution in [0.15, 0.2) is 12.3 Å². The molecular weight excluding hydrogens is 204 g/mol. The van der Waals surface area contributed by atoms with Crippen LogP contribution >= 0.6 is 0 Å². The Morgan fingerprint density at radius 3 is 3.06 bits per heavy atom. The Hall–Kier alpha value is -1.52. The van der Waals surface area contributed by atoms with Gasteiger partial charge in [-0.05, 0) is 13.3 Å². The molecule has 0 fully saturated rings. The quantitative estimate of drug-likeness (QED) is 0.734. The lowest BCUT2D eigenvalue weighted by molar-refractivity contribution is -0.118. The van der Waals surface area contributed by atoms with E-state index in [9.17, 15) is 4.79 Å². The Bertz CT molecular complexity index is 334. The molecule has 1 unspecified atom stereocenters. The van der Waals surface area contributed by atoms with Crippen LogP contribution in [0.2, 0.25) is 0 Å². The van der Waals surface area contributed by atoms with Crippen molar-refractivity contribution in [1.82, 2.24) is 9.78 Å². The molecule has 16 heavy (non-hydrogen) atoms. The molecule has 1 heterocycles. The fourth-order valence-electron chi connectivity index (χ4n) is 1.52. The van der Waals surface area contributed by atoms with Crippen LogP contribution in [0.5, 0.6) is 0 Å². The van der Waals surface area contributed by atoms with Gasteiger partial charge in [-0.15, -0.1) is 0 Å². The topological polar surface area (TPSA) is 72.9 Å². The number of carbonyl (C=O) groups is 1. The number of hydrogen-bond donors (Lipinski definition) is 2. The first kappa shape index (κ1) is 12.5. The molecule has 0 radical (unpaired) electrons. The summed E-state index contributed by atoms with van der Waals surface area (Å²) < 4.78 is 1.54. The van der Waals surface area contributed by atoms with Crippen molar-refractivity contribution in [3.63, 3.8) is 0 Å². The SMILES string of the molecule is CCCCC(C)Nc1ccn(CC(N)=O)n1. The Morgan fingerprint density at radius 2 is 2.44 bits per heavy atom. The number of nitrogens with one attached hydrogen (secondary N) is 1. The summed E-state index contributed by atoms with van der Waals surface area (Å²) in [6.07, 6.45) is 5.27. The molecule has 3 N–H and O–H groups in total. The predicted molar refractivity (Wildman–Crippen MR) is 64.0 cm³/mol. The first-order valence-electron chi connectivity index (χ1n) is 5.70. The smallest absolute Gasteiger partial charge is 0.239 e. The zero-order chi connectivity index (χ0) is 12.0. The molecule has 0 aliphatic carbocycles. The minimum absolute atomic E-state index is 0.130. The summed E-state index contributed by atoms with van der Waals surface area (Å²) in [6.45, 7) is 4.43. The van der Waals surface area contributed by atoms with E-state index in [1.54, 1.807) is 6.20 Å². The molecule has 0 aromatic carbocycles. The highest BCUT2D eigenvalue weighted by molar-refractivity contribution is 5.73. The maximum atomic E-state index is 10.7. The van der Waals surface area contributed by atoms with Crippen LogP contribution in [-0.2, 0) is 11.3 Å². The Kier molecular flexibility index (Phi) is 4.82. The van der Waals surface area contributed by atoms with E-state index in [1.165, 1.54) is 17.5 Å². The minimum Gasteiger partial charge on any atom is -0.368 e. The van der Waals surface area contributed by atoms with Crippen molar-refractivity contribution >= 4 is 11.7 Å². The number of nitrogens with zero attached hydrogens (tertiary/aromatic N) is 2. The van der Waals surface area contributed by atoms with Crippen LogP contribution in [0.4, 0.5) is 5.82 Å². The zero-order valence-electron chi connectivity index (χ0n) is 9.94. The summed E-state index contributed by atoms with van der Waals surface area (Å²) in [5.41, 5.74) is 5.08. The largest absolute Gasteiger partial charge is 0.368 e. The predicted octanol–water partition coefficient (Wildman–Crippen LogP) is 1.36. The van der Waals surface area contributed by atoms with Crippen molar-refractivity contribution in [3.8, 4) is 0 Å². The van der Waals surface area contributed by atoms with Gasteiger partial charge in [0.1, 0.15) is 12.4 Å². The third-order valence-corrected chi connectivity index (χ3v) is 2.34. The normalized spacial score (nSPS) is 12.4. The molecule has 1 aromatic rings. The van der Waals surface area contributed by atoms with Crippen LogP contribution in [-0.4, -0.2) is 21.7 Å². The number of primary amides is 1. The average molecular weight is 224 g/mol. The van der Waals surface area contributed by atoms with Crippen molar-refractivity contribution in [2.24, 2.45) is 5.73 Å². The molecular formula is C11H20N4O. The van der Waals surface area contributed by atoms with Crippen molar-refractivity contribution in [3.05, 3.63) is 12.3 Å². The van der Waals surface area contributed by atoms with Gasteiger partial charge < -0.3 is 11.1 Å². The van der Waals surface area contributed by atoms with Gasteiger partial charge in [-0.3, -0.25) is 9.48 Å². The third kappa shape index (κ3) is 4.33. The van der Waals surface area contributed by atoms with E-state index in [4.69, 9.17) is 5.73 Å². The molecule has 90 valence electrons. The Morgan fingerprint density at radius 1 is 1.69 bits per heavy atom. The number of carbonyl (C=O) groups excluding carboxylic acids is 1. The van der Waals surface area contributed by atoms with E-state index in [0.717, 1.165) is 12.2 Å². The van der Waals surface area contributed by atoms with Gasteiger partial charge in [-0.1, -0.05) is 19.8 Å². The molecule has 5 heteroatoms. The molecule has 1 atom stereocenters. The fraction of sp³-hybridized carbons (Fsp3) is 0.636. The monoisotopic (exact) mass is 224 g/mol. The zero-order valence-corrected chi connectivity index (χ0v) is 9.94. The number of rotatable bonds is 7. The van der Waals surface area contributed by atoms with Crippen LogP contribution in [0, 0.1) is 0 Å². The van der Waals surface area contributed by atoms with E-state index < -0.39 is 0 Å². The number of nitrogens with two attached hydrogens (primary N) is 1. The van der Waals surface area contributed by atoms with Crippen LogP contribution in [0.1, 0.15) is 33.1 Å². The van der Waals surface area contributed by atoms with Crippen LogP contribution in [0.25, 0.3) is 0 Å². The van der Waals surface area contributed by atoms with Crippen LogP contribution in [0.3, 0.4) is 0 Å². The number of aromatic nitrogens is 2. The number of hydrogen-bond acceptors (Lipinski definition) is 3. The van der Waals surface area contributed by atoms with Crippen molar-refractivity contribution in [2.45, 2.75) is 45.7 Å². The van der Waals surface area contributed by atoms with Gasteiger partial charge in [0.15, 0.2) is 0 Å². The fourth-order valence-corrected chi connectivity index (χ4v) is 1.52. The van der Waals surface area contributed by atoms with Gasteiger partial charge in [-0.2, -0.15) is 5.10 Å². The summed E-state index contributed by atoms with van der Waals surface area (Å²) in [4.78, 5) is 10.7. The highest BCUT2D eigenvalue weighted by Crippen LogP contribution is 2.08. The van der Waals surface area contributed by atoms with E-state index in [0.29, 0.717) is 6.04 Å². The molecule has 1 rings (SSSR count). The molecule has 1 aromatic heterocycles. The summed E-state index contributed by atoms with van der Waals surface area (Å²) in [5.74, 6) is 0.415. The second-order valence-corrected chi connectivity index (χ2v) is 4.05. The van der Waals surface area contributed by atoms with Gasteiger partial charge in [0, 0.05) is 18.3 Å². The summed E-state index contributed by atoms with van der Waals surface area (Å²) in [5, 5.41) is 7.49. The molecule has 5 nitrogen and oxygen atoms in total. The highest BCUT2D eigenvalue weighted by Gasteiger charge is 2.05. The highest BCUT2D eigenvalue weighted by atomic mass is 16.1. The maximum absolute atomic E-state index is 10.7. The van der Waals surface area contributed by atoms with E-state index >= 15 is 0 Å². The second kappa shape index (κ2) is 6.15. The Labute approximate surface area is 96.0 Å². The molecule has 0 aliphatic heterocycles. The van der Waals surface area contributed by atoms with E-state index in [-0.39, 0.29) is 12.5 Å². The number of unbranched alkanes of at least 4 members (excludes halogenated alkanes) is 1. The summed E-state index contributed by atoms with van der Waals surface area (Å²) >= 11 is 0. The maximum Gasteiger partial charge on any atom is 0.239 e. The minimum atomic E-state index is -0.381. The van der Waals surface area contributed by atoms with Crippen molar-refractivity contribution < 1.29 is 4.79 Å². The molecule has 0 saturated heterocycles. The number of anilines is 1. The van der Waals surface area contributed by atoms with Gasteiger partial charge >= 0.3 is 0 Å². The Balaban J connectivity index is 2.42. The summed E-state index contributed by atoms with van der Waals surface area (Å²) in [6, 6.07) is 2.25.